The van der Waals surface area contributed by atoms with Gasteiger partial charge in [-0.05, 0) is 23.6 Å². The second-order valence-corrected chi connectivity index (χ2v) is 5.83. The average Bonchev–Trinajstić information content (AvgIpc) is 2.85. The molecule has 0 aliphatic rings. The summed E-state index contributed by atoms with van der Waals surface area (Å²) in [7, 11) is 4.07. The van der Waals surface area contributed by atoms with Crippen LogP contribution in [0.4, 0.5) is 5.13 Å². The smallest absolute Gasteiger partial charge is 0.185 e. The molecule has 0 aliphatic heterocycles. The van der Waals surface area contributed by atoms with Crippen LogP contribution in [0, 0.1) is 0 Å². The molecule has 0 amide bonds. The first-order valence-electron chi connectivity index (χ1n) is 6.34. The number of aromatic nitrogens is 1. The van der Waals surface area contributed by atoms with Gasteiger partial charge in [0.05, 0.1) is 10.2 Å². The van der Waals surface area contributed by atoms with Gasteiger partial charge in [-0.15, -0.1) is 0 Å². The van der Waals surface area contributed by atoms with Crippen molar-refractivity contribution < 1.29 is 0 Å². The third-order valence-corrected chi connectivity index (χ3v) is 4.30. The van der Waals surface area contributed by atoms with Gasteiger partial charge in [0.1, 0.15) is 0 Å². The maximum atomic E-state index is 4.75. The molecule has 96 valence electrons. The fourth-order valence-corrected chi connectivity index (χ4v) is 3.08. The molecule has 0 fully saturated rings. The zero-order valence-corrected chi connectivity index (χ0v) is 11.9. The van der Waals surface area contributed by atoms with E-state index >= 15 is 0 Å². The molecule has 0 aliphatic carbocycles. The minimum Gasteiger partial charge on any atom is -0.354 e. The van der Waals surface area contributed by atoms with Crippen LogP contribution >= 0.6 is 11.3 Å². The zero-order chi connectivity index (χ0) is 13.2. The van der Waals surface area contributed by atoms with Gasteiger partial charge in [0.15, 0.2) is 5.13 Å². The SMILES string of the molecule is CN(C)c1nc2c(Cc3ccccc3)cccc2s1. The summed E-state index contributed by atoms with van der Waals surface area (Å²) in [6.07, 6.45) is 0.939. The standard InChI is InChI=1S/C16H16N2S/c1-18(2)16-17-15-13(9-6-10-14(15)19-16)11-12-7-4-3-5-8-12/h3-10H,11H2,1-2H3. The molecule has 3 rings (SSSR count). The van der Waals surface area contributed by atoms with E-state index in [1.54, 1.807) is 11.3 Å². The second kappa shape index (κ2) is 5.02. The van der Waals surface area contributed by atoms with Crippen LogP contribution in [-0.4, -0.2) is 19.1 Å². The maximum Gasteiger partial charge on any atom is 0.185 e. The summed E-state index contributed by atoms with van der Waals surface area (Å²) in [4.78, 5) is 6.82. The van der Waals surface area contributed by atoms with E-state index in [9.17, 15) is 0 Å². The highest BCUT2D eigenvalue weighted by Crippen LogP contribution is 2.30. The zero-order valence-electron chi connectivity index (χ0n) is 11.1. The van der Waals surface area contributed by atoms with E-state index in [1.807, 2.05) is 14.1 Å². The van der Waals surface area contributed by atoms with Crippen molar-refractivity contribution in [1.82, 2.24) is 4.98 Å². The van der Waals surface area contributed by atoms with E-state index < -0.39 is 0 Å². The lowest BCUT2D eigenvalue weighted by Gasteiger charge is -2.05. The average molecular weight is 268 g/mol. The van der Waals surface area contributed by atoms with E-state index in [1.165, 1.54) is 15.8 Å². The highest BCUT2D eigenvalue weighted by molar-refractivity contribution is 7.22. The van der Waals surface area contributed by atoms with Crippen molar-refractivity contribution in [3.63, 3.8) is 0 Å². The summed E-state index contributed by atoms with van der Waals surface area (Å²) in [5.41, 5.74) is 3.77. The van der Waals surface area contributed by atoms with Gasteiger partial charge in [-0.2, -0.15) is 0 Å². The summed E-state index contributed by atoms with van der Waals surface area (Å²) >= 11 is 1.74. The molecular weight excluding hydrogens is 252 g/mol. The van der Waals surface area contributed by atoms with Crippen LogP contribution in [0.5, 0.6) is 0 Å². The molecule has 0 unspecified atom stereocenters. The van der Waals surface area contributed by atoms with Crippen molar-refractivity contribution >= 4 is 26.7 Å². The Morgan fingerprint density at radius 2 is 1.79 bits per heavy atom. The molecule has 3 heteroatoms. The van der Waals surface area contributed by atoms with Gasteiger partial charge >= 0.3 is 0 Å². The van der Waals surface area contributed by atoms with Crippen LogP contribution in [0.15, 0.2) is 48.5 Å². The van der Waals surface area contributed by atoms with Crippen LogP contribution in [0.25, 0.3) is 10.2 Å². The molecule has 1 heterocycles. The van der Waals surface area contributed by atoms with Gasteiger partial charge in [0.2, 0.25) is 0 Å². The first-order valence-corrected chi connectivity index (χ1v) is 7.15. The Kier molecular flexibility index (Phi) is 3.22. The van der Waals surface area contributed by atoms with E-state index in [4.69, 9.17) is 4.98 Å². The van der Waals surface area contributed by atoms with Crippen LogP contribution < -0.4 is 4.90 Å². The minimum atomic E-state index is 0.939. The second-order valence-electron chi connectivity index (χ2n) is 4.82. The summed E-state index contributed by atoms with van der Waals surface area (Å²) in [5, 5.41) is 1.07. The van der Waals surface area contributed by atoms with Crippen molar-refractivity contribution in [2.24, 2.45) is 0 Å². The van der Waals surface area contributed by atoms with E-state index in [0.717, 1.165) is 17.1 Å². The number of thiazole rings is 1. The molecule has 1 aromatic heterocycles. The Bertz CT molecular complexity index is 686. The number of nitrogens with zero attached hydrogens (tertiary/aromatic N) is 2. The number of hydrogen-bond acceptors (Lipinski definition) is 3. The highest BCUT2D eigenvalue weighted by atomic mass is 32.1. The summed E-state index contributed by atoms with van der Waals surface area (Å²) in [5.74, 6) is 0. The molecule has 0 N–H and O–H groups in total. The quantitative estimate of drug-likeness (QED) is 0.715. The Morgan fingerprint density at radius 1 is 1.00 bits per heavy atom. The molecule has 0 saturated carbocycles. The van der Waals surface area contributed by atoms with Crippen molar-refractivity contribution in [2.75, 3.05) is 19.0 Å². The largest absolute Gasteiger partial charge is 0.354 e. The molecule has 19 heavy (non-hydrogen) atoms. The Balaban J connectivity index is 2.04. The van der Waals surface area contributed by atoms with Crippen molar-refractivity contribution in [1.29, 1.82) is 0 Å². The number of benzene rings is 2. The number of rotatable bonds is 3. The first-order chi connectivity index (χ1) is 9.24. The van der Waals surface area contributed by atoms with E-state index in [2.05, 4.69) is 53.4 Å². The fraction of sp³-hybridized carbons (Fsp3) is 0.188. The Labute approximate surface area is 117 Å². The highest BCUT2D eigenvalue weighted by Gasteiger charge is 2.09. The normalized spacial score (nSPS) is 10.8. The summed E-state index contributed by atoms with van der Waals surface area (Å²) in [6, 6.07) is 17.0. The molecule has 2 aromatic carbocycles. The maximum absolute atomic E-state index is 4.75. The molecule has 0 bridgehead atoms. The number of para-hydroxylation sites is 1. The topological polar surface area (TPSA) is 16.1 Å². The number of hydrogen-bond donors (Lipinski definition) is 0. The van der Waals surface area contributed by atoms with Crippen molar-refractivity contribution in [3.8, 4) is 0 Å². The Hall–Kier alpha value is -1.87. The molecule has 0 saturated heterocycles. The number of anilines is 1. The van der Waals surface area contributed by atoms with Gasteiger partial charge in [-0.25, -0.2) is 4.98 Å². The monoisotopic (exact) mass is 268 g/mol. The summed E-state index contributed by atoms with van der Waals surface area (Å²) in [6.45, 7) is 0. The van der Waals surface area contributed by atoms with Gasteiger partial charge in [0, 0.05) is 14.1 Å². The first kappa shape index (κ1) is 12.2. The molecular formula is C16H16N2S. The van der Waals surface area contributed by atoms with Gasteiger partial charge in [0.25, 0.3) is 0 Å². The summed E-state index contributed by atoms with van der Waals surface area (Å²) < 4.78 is 1.26. The number of fused-ring (bicyclic) bond motifs is 1. The van der Waals surface area contributed by atoms with Crippen molar-refractivity contribution in [3.05, 3.63) is 59.7 Å². The lowest BCUT2D eigenvalue weighted by Crippen LogP contribution is -2.07. The molecule has 0 atom stereocenters. The minimum absolute atomic E-state index is 0.939. The predicted molar refractivity (Wildman–Crippen MR) is 83.2 cm³/mol. The molecule has 0 spiro atoms. The van der Waals surface area contributed by atoms with Gasteiger partial charge in [-0.1, -0.05) is 53.8 Å². The lowest BCUT2D eigenvalue weighted by molar-refractivity contribution is 1.11. The van der Waals surface area contributed by atoms with Gasteiger partial charge < -0.3 is 4.90 Å². The van der Waals surface area contributed by atoms with Crippen LogP contribution in [0.2, 0.25) is 0 Å². The lowest BCUT2D eigenvalue weighted by atomic mass is 10.0. The Morgan fingerprint density at radius 3 is 2.53 bits per heavy atom. The third kappa shape index (κ3) is 2.47. The van der Waals surface area contributed by atoms with E-state index in [0.29, 0.717) is 0 Å². The van der Waals surface area contributed by atoms with Crippen LogP contribution in [0.3, 0.4) is 0 Å². The predicted octanol–water partition coefficient (Wildman–Crippen LogP) is 3.95. The molecule has 2 nitrogen and oxygen atoms in total. The third-order valence-electron chi connectivity index (χ3n) is 3.11. The van der Waals surface area contributed by atoms with Crippen LogP contribution in [-0.2, 0) is 6.42 Å². The van der Waals surface area contributed by atoms with Crippen LogP contribution in [0.1, 0.15) is 11.1 Å². The molecule has 3 aromatic rings. The van der Waals surface area contributed by atoms with Gasteiger partial charge in [-0.3, -0.25) is 0 Å². The van der Waals surface area contributed by atoms with E-state index in [-0.39, 0.29) is 0 Å². The van der Waals surface area contributed by atoms with Crippen molar-refractivity contribution in [2.45, 2.75) is 6.42 Å². The molecule has 0 radical (unpaired) electrons. The fourth-order valence-electron chi connectivity index (χ4n) is 2.14.